The minimum absolute atomic E-state index is 0.00621. The van der Waals surface area contributed by atoms with Gasteiger partial charge in [-0.05, 0) is 57.2 Å². The van der Waals surface area contributed by atoms with E-state index >= 15 is 0 Å². The maximum absolute atomic E-state index is 13.0. The van der Waals surface area contributed by atoms with Crippen molar-refractivity contribution in [3.8, 4) is 0 Å². The molecule has 0 spiro atoms. The van der Waals surface area contributed by atoms with Gasteiger partial charge in [0.05, 0.1) is 12.0 Å². The summed E-state index contributed by atoms with van der Waals surface area (Å²) in [6, 6.07) is 6.01. The zero-order valence-electron chi connectivity index (χ0n) is 15.2. The van der Waals surface area contributed by atoms with E-state index in [9.17, 15) is 4.79 Å². The van der Waals surface area contributed by atoms with Crippen LogP contribution >= 0.6 is 0 Å². The molecule has 2 atom stereocenters. The molecule has 1 aliphatic carbocycles. The van der Waals surface area contributed by atoms with Gasteiger partial charge in [0, 0.05) is 38.3 Å². The van der Waals surface area contributed by atoms with Crippen molar-refractivity contribution in [1.82, 2.24) is 9.88 Å². The van der Waals surface area contributed by atoms with Crippen molar-refractivity contribution < 1.29 is 9.53 Å². The minimum Gasteiger partial charge on any atom is -0.466 e. The quantitative estimate of drug-likeness (QED) is 0.769. The molecule has 25 heavy (non-hydrogen) atoms. The van der Waals surface area contributed by atoms with Gasteiger partial charge in [0.1, 0.15) is 5.82 Å². The smallest absolute Gasteiger partial charge is 0.314 e. The van der Waals surface area contributed by atoms with Gasteiger partial charge in [-0.1, -0.05) is 6.07 Å². The van der Waals surface area contributed by atoms with Crippen LogP contribution < -0.4 is 4.90 Å². The molecule has 4 rings (SSSR count). The Balaban J connectivity index is 1.58. The number of likely N-dealkylation sites (tertiary alicyclic amines) is 1. The molecule has 0 aromatic carbocycles. The summed E-state index contributed by atoms with van der Waals surface area (Å²) in [5.41, 5.74) is -0.369. The number of pyridine rings is 1. The lowest BCUT2D eigenvalue weighted by Gasteiger charge is -2.31. The fourth-order valence-corrected chi connectivity index (χ4v) is 4.67. The standard InChI is InChI=1S/C20H29N3O2/c1-2-25-19(24)20-9-5-11-22(12-16-7-8-16)13-17(20)14-23(15-20)18-6-3-4-10-21-18/h3-4,6,10,16-17H,2,5,7-9,11-15H2,1H3/t17-,20-/m0/s1. The highest BCUT2D eigenvalue weighted by atomic mass is 16.5. The first-order valence-electron chi connectivity index (χ1n) is 9.77. The highest BCUT2D eigenvalue weighted by Gasteiger charge is 2.54. The second-order valence-electron chi connectivity index (χ2n) is 7.95. The molecule has 1 aromatic heterocycles. The molecule has 2 aliphatic heterocycles. The summed E-state index contributed by atoms with van der Waals surface area (Å²) in [7, 11) is 0. The fourth-order valence-electron chi connectivity index (χ4n) is 4.67. The highest BCUT2D eigenvalue weighted by molar-refractivity contribution is 5.79. The summed E-state index contributed by atoms with van der Waals surface area (Å²) in [5, 5.41) is 0. The zero-order valence-corrected chi connectivity index (χ0v) is 15.2. The molecule has 3 aliphatic rings. The third-order valence-corrected chi connectivity index (χ3v) is 6.14. The Bertz CT molecular complexity index is 604. The largest absolute Gasteiger partial charge is 0.466 e. The lowest BCUT2D eigenvalue weighted by Crippen LogP contribution is -2.43. The molecular weight excluding hydrogens is 314 g/mol. The molecule has 0 amide bonds. The maximum atomic E-state index is 13.0. The van der Waals surface area contributed by atoms with E-state index in [0.717, 1.165) is 50.8 Å². The van der Waals surface area contributed by atoms with E-state index in [2.05, 4.69) is 14.8 Å². The minimum atomic E-state index is -0.369. The van der Waals surface area contributed by atoms with Gasteiger partial charge in [0.25, 0.3) is 0 Å². The summed E-state index contributed by atoms with van der Waals surface area (Å²) >= 11 is 0. The molecule has 136 valence electrons. The number of nitrogens with zero attached hydrogens (tertiary/aromatic N) is 3. The first-order valence-corrected chi connectivity index (χ1v) is 9.77. The number of anilines is 1. The molecule has 1 aromatic rings. The van der Waals surface area contributed by atoms with Crippen LogP contribution in [0.2, 0.25) is 0 Å². The van der Waals surface area contributed by atoms with Crippen LogP contribution in [0, 0.1) is 17.3 Å². The van der Waals surface area contributed by atoms with Crippen LogP contribution in [-0.2, 0) is 9.53 Å². The number of ether oxygens (including phenoxy) is 1. The average molecular weight is 343 g/mol. The number of fused-ring (bicyclic) bond motifs is 1. The van der Waals surface area contributed by atoms with Crippen LogP contribution in [0.4, 0.5) is 5.82 Å². The van der Waals surface area contributed by atoms with Gasteiger partial charge in [-0.15, -0.1) is 0 Å². The molecule has 0 bridgehead atoms. The lowest BCUT2D eigenvalue weighted by molar-refractivity contribution is -0.157. The van der Waals surface area contributed by atoms with Crippen molar-refractivity contribution in [3.05, 3.63) is 24.4 Å². The molecule has 2 saturated heterocycles. The predicted octanol–water partition coefficient (Wildman–Crippen LogP) is 2.57. The van der Waals surface area contributed by atoms with Gasteiger partial charge < -0.3 is 14.5 Å². The van der Waals surface area contributed by atoms with E-state index in [4.69, 9.17) is 4.74 Å². The molecule has 5 heteroatoms. The van der Waals surface area contributed by atoms with E-state index in [-0.39, 0.29) is 11.4 Å². The second-order valence-corrected chi connectivity index (χ2v) is 7.95. The number of hydrogen-bond acceptors (Lipinski definition) is 5. The maximum Gasteiger partial charge on any atom is 0.314 e. The Hall–Kier alpha value is -1.62. The highest BCUT2D eigenvalue weighted by Crippen LogP contribution is 2.45. The number of carbonyl (C=O) groups is 1. The summed E-state index contributed by atoms with van der Waals surface area (Å²) in [6.07, 6.45) is 6.60. The summed E-state index contributed by atoms with van der Waals surface area (Å²) in [5.74, 6) is 2.21. The van der Waals surface area contributed by atoms with Crippen molar-refractivity contribution in [3.63, 3.8) is 0 Å². The number of rotatable bonds is 5. The molecule has 0 N–H and O–H groups in total. The van der Waals surface area contributed by atoms with Gasteiger partial charge in [-0.25, -0.2) is 4.98 Å². The number of carbonyl (C=O) groups excluding carboxylic acids is 1. The van der Waals surface area contributed by atoms with Crippen LogP contribution in [-0.4, -0.2) is 55.2 Å². The van der Waals surface area contributed by atoms with Crippen LogP contribution in [0.1, 0.15) is 32.6 Å². The fraction of sp³-hybridized carbons (Fsp3) is 0.700. The van der Waals surface area contributed by atoms with Crippen LogP contribution in [0.15, 0.2) is 24.4 Å². The van der Waals surface area contributed by atoms with Crippen LogP contribution in [0.5, 0.6) is 0 Å². The van der Waals surface area contributed by atoms with E-state index < -0.39 is 0 Å². The first-order chi connectivity index (χ1) is 12.2. The zero-order chi connectivity index (χ0) is 17.3. The molecule has 0 radical (unpaired) electrons. The van der Waals surface area contributed by atoms with Gasteiger partial charge in [-0.3, -0.25) is 4.79 Å². The van der Waals surface area contributed by atoms with Crippen molar-refractivity contribution in [2.45, 2.75) is 32.6 Å². The third-order valence-electron chi connectivity index (χ3n) is 6.14. The van der Waals surface area contributed by atoms with E-state index in [1.165, 1.54) is 19.4 Å². The van der Waals surface area contributed by atoms with Gasteiger partial charge >= 0.3 is 5.97 Å². The van der Waals surface area contributed by atoms with Crippen LogP contribution in [0.25, 0.3) is 0 Å². The van der Waals surface area contributed by atoms with E-state index in [1.807, 2.05) is 31.3 Å². The van der Waals surface area contributed by atoms with Crippen molar-refractivity contribution in [2.75, 3.05) is 44.2 Å². The molecule has 1 saturated carbocycles. The predicted molar refractivity (Wildman–Crippen MR) is 97.4 cm³/mol. The van der Waals surface area contributed by atoms with Crippen molar-refractivity contribution >= 4 is 11.8 Å². The lowest BCUT2D eigenvalue weighted by atomic mass is 9.75. The van der Waals surface area contributed by atoms with Crippen molar-refractivity contribution in [2.24, 2.45) is 17.3 Å². The van der Waals surface area contributed by atoms with Gasteiger partial charge in [0.2, 0.25) is 0 Å². The monoisotopic (exact) mass is 343 g/mol. The number of hydrogen-bond donors (Lipinski definition) is 0. The topological polar surface area (TPSA) is 45.7 Å². The average Bonchev–Trinajstić information content (AvgIpc) is 3.39. The Kier molecular flexibility index (Phi) is 4.67. The Morgan fingerprint density at radius 3 is 2.96 bits per heavy atom. The molecule has 0 unspecified atom stereocenters. The molecule has 3 heterocycles. The number of aromatic nitrogens is 1. The first kappa shape index (κ1) is 16.8. The summed E-state index contributed by atoms with van der Waals surface area (Å²) in [4.78, 5) is 22.4. The second kappa shape index (κ2) is 6.94. The molecular formula is C20H29N3O2. The normalized spacial score (nSPS) is 30.0. The van der Waals surface area contributed by atoms with Crippen molar-refractivity contribution in [1.29, 1.82) is 0 Å². The molecule has 3 fully saturated rings. The number of esters is 1. The van der Waals surface area contributed by atoms with Gasteiger partial charge in [-0.2, -0.15) is 0 Å². The van der Waals surface area contributed by atoms with Gasteiger partial charge in [0.15, 0.2) is 0 Å². The van der Waals surface area contributed by atoms with Crippen LogP contribution in [0.3, 0.4) is 0 Å². The Morgan fingerprint density at radius 1 is 1.36 bits per heavy atom. The van der Waals surface area contributed by atoms with E-state index in [0.29, 0.717) is 12.5 Å². The summed E-state index contributed by atoms with van der Waals surface area (Å²) < 4.78 is 5.55. The Labute approximate surface area is 150 Å². The molecule has 5 nitrogen and oxygen atoms in total. The SMILES string of the molecule is CCOC(=O)[C@]12CCCN(CC3CC3)C[C@H]1CN(c1ccccn1)C2. The Morgan fingerprint density at radius 2 is 2.24 bits per heavy atom. The van der Waals surface area contributed by atoms with E-state index in [1.54, 1.807) is 0 Å². The summed E-state index contributed by atoms with van der Waals surface area (Å²) in [6.45, 7) is 7.35. The third kappa shape index (κ3) is 3.39.